The number of hydrogen-bond acceptors (Lipinski definition) is 5. The van der Waals surface area contributed by atoms with Gasteiger partial charge in [0.05, 0.1) is 0 Å². The van der Waals surface area contributed by atoms with Crippen LogP contribution in [0.2, 0.25) is 0 Å². The Morgan fingerprint density at radius 2 is 1.00 bits per heavy atom. The maximum atomic E-state index is 2.36. The summed E-state index contributed by atoms with van der Waals surface area (Å²) in [5.41, 5.74) is 0.454. The van der Waals surface area contributed by atoms with Crippen LogP contribution in [0.3, 0.4) is 0 Å². The van der Waals surface area contributed by atoms with Gasteiger partial charge in [0, 0.05) is 42.6 Å². The molecule has 0 saturated carbocycles. The van der Waals surface area contributed by atoms with Crippen LogP contribution in [0.25, 0.3) is 0 Å². The third-order valence-electron chi connectivity index (χ3n) is 3.25. The summed E-state index contributed by atoms with van der Waals surface area (Å²) in [6.45, 7) is 14.2. The van der Waals surface area contributed by atoms with Crippen molar-refractivity contribution < 1.29 is 0 Å². The van der Waals surface area contributed by atoms with Crippen LogP contribution in [-0.4, -0.2) is 35.5 Å². The maximum absolute atomic E-state index is 2.36. The van der Waals surface area contributed by atoms with Gasteiger partial charge in [0.25, 0.3) is 0 Å². The van der Waals surface area contributed by atoms with Gasteiger partial charge in [-0.3, -0.25) is 0 Å². The lowest BCUT2D eigenvalue weighted by molar-refractivity contribution is 0.585. The van der Waals surface area contributed by atoms with E-state index in [1.54, 1.807) is 19.5 Å². The van der Waals surface area contributed by atoms with Gasteiger partial charge in [0.15, 0.2) is 0 Å². The van der Waals surface area contributed by atoms with Crippen LogP contribution >= 0.6 is 58.4 Å². The molecule has 0 amide bonds. The van der Waals surface area contributed by atoms with Crippen molar-refractivity contribution in [1.82, 2.24) is 0 Å². The molecule has 5 heteroatoms. The van der Waals surface area contributed by atoms with E-state index in [9.17, 15) is 0 Å². The second-order valence-corrected chi connectivity index (χ2v) is 12.8. The molecule has 0 aromatic carbocycles. The minimum atomic E-state index is 0.227. The quantitative estimate of drug-likeness (QED) is 0.328. The fourth-order valence-corrected chi connectivity index (χ4v) is 8.15. The third kappa shape index (κ3) is 6.73. The van der Waals surface area contributed by atoms with E-state index >= 15 is 0 Å². The van der Waals surface area contributed by atoms with Gasteiger partial charge >= 0.3 is 0 Å². The lowest BCUT2D eigenvalue weighted by Gasteiger charge is -2.19. The number of hydrogen-bond donors (Lipinski definition) is 0. The lowest BCUT2D eigenvalue weighted by atomic mass is 9.93. The Morgan fingerprint density at radius 1 is 0.652 bits per heavy atom. The molecule has 0 fully saturated rings. The highest BCUT2D eigenvalue weighted by atomic mass is 32.2. The monoisotopic (exact) mass is 408 g/mol. The zero-order chi connectivity index (χ0) is 17.7. The van der Waals surface area contributed by atoms with Crippen LogP contribution in [0.1, 0.15) is 51.3 Å². The van der Waals surface area contributed by atoms with E-state index in [0.717, 1.165) is 0 Å². The van der Waals surface area contributed by atoms with Gasteiger partial charge in [0.2, 0.25) is 0 Å². The molecule has 0 saturated heterocycles. The van der Waals surface area contributed by atoms with Gasteiger partial charge in [0.1, 0.15) is 0 Å². The molecule has 23 heavy (non-hydrogen) atoms. The van der Waals surface area contributed by atoms with Crippen molar-refractivity contribution in [2.24, 2.45) is 0 Å². The van der Waals surface area contributed by atoms with Gasteiger partial charge in [-0.05, 0) is 23.3 Å². The first kappa shape index (κ1) is 22.1. The molecule has 1 heterocycles. The molecule has 0 radical (unpaired) electrons. The van der Waals surface area contributed by atoms with Crippen LogP contribution in [-0.2, 0) is 10.8 Å². The number of thioether (sulfide) groups is 4. The van der Waals surface area contributed by atoms with E-state index in [2.05, 4.69) is 88.9 Å². The average Bonchev–Trinajstić information content (AvgIpc) is 2.78. The molecule has 1 aromatic rings. The number of rotatable bonds is 8. The highest BCUT2D eigenvalue weighted by Crippen LogP contribution is 2.50. The Kier molecular flexibility index (Phi) is 9.34. The van der Waals surface area contributed by atoms with Crippen molar-refractivity contribution in [3.05, 3.63) is 9.75 Å². The van der Waals surface area contributed by atoms with E-state index in [4.69, 9.17) is 0 Å². The van der Waals surface area contributed by atoms with Crippen molar-refractivity contribution >= 4 is 58.4 Å². The van der Waals surface area contributed by atoms with E-state index in [1.807, 2.05) is 23.5 Å². The predicted octanol–water partition coefficient (Wildman–Crippen LogP) is 7.25. The SMILES string of the molecule is CSCCSc1c(C(C)(C)C)sc(C(C)(C)C)c1SCCSC. The van der Waals surface area contributed by atoms with Crippen molar-refractivity contribution in [3.63, 3.8) is 0 Å². The number of thiophene rings is 1. The Hall–Kier alpha value is 1.10. The first-order valence-corrected chi connectivity index (χ1v) is 13.6. The Labute approximate surface area is 165 Å². The summed E-state index contributed by atoms with van der Waals surface area (Å²) in [7, 11) is 0. The van der Waals surface area contributed by atoms with Crippen LogP contribution in [0.5, 0.6) is 0 Å². The highest BCUT2D eigenvalue weighted by Gasteiger charge is 2.31. The second kappa shape index (κ2) is 9.70. The van der Waals surface area contributed by atoms with Crippen LogP contribution in [0, 0.1) is 0 Å². The summed E-state index contributed by atoms with van der Waals surface area (Å²) in [5.74, 6) is 4.87. The Bertz CT molecular complexity index is 434. The first-order valence-electron chi connectivity index (χ1n) is 8.04. The summed E-state index contributed by atoms with van der Waals surface area (Å²) >= 11 is 10.1. The fourth-order valence-electron chi connectivity index (χ4n) is 2.10. The zero-order valence-corrected chi connectivity index (χ0v) is 20.0. The van der Waals surface area contributed by atoms with E-state index in [1.165, 1.54) is 23.0 Å². The van der Waals surface area contributed by atoms with Crippen molar-refractivity contribution in [2.45, 2.75) is 62.2 Å². The summed E-state index contributed by atoms with van der Waals surface area (Å²) in [6.07, 6.45) is 4.40. The van der Waals surface area contributed by atoms with Gasteiger partial charge < -0.3 is 0 Å². The van der Waals surface area contributed by atoms with Gasteiger partial charge in [-0.15, -0.1) is 34.9 Å². The molecule has 0 aliphatic rings. The molecule has 0 atom stereocenters. The molecular weight excluding hydrogens is 377 g/mol. The highest BCUT2D eigenvalue weighted by molar-refractivity contribution is 8.05. The predicted molar refractivity (Wildman–Crippen MR) is 120 cm³/mol. The van der Waals surface area contributed by atoms with Gasteiger partial charge in [-0.1, -0.05) is 41.5 Å². The van der Waals surface area contributed by atoms with Crippen molar-refractivity contribution in [3.8, 4) is 0 Å². The molecular formula is C18H32S5. The summed E-state index contributed by atoms with van der Waals surface area (Å²) < 4.78 is 0. The topological polar surface area (TPSA) is 0 Å². The maximum Gasteiger partial charge on any atom is 0.0356 e. The molecule has 0 bridgehead atoms. The van der Waals surface area contributed by atoms with Crippen molar-refractivity contribution in [2.75, 3.05) is 35.5 Å². The molecule has 0 unspecified atom stereocenters. The normalized spacial score (nSPS) is 12.9. The van der Waals surface area contributed by atoms with E-state index < -0.39 is 0 Å². The molecule has 0 nitrogen and oxygen atoms in total. The minimum Gasteiger partial charge on any atom is -0.165 e. The molecule has 0 N–H and O–H groups in total. The lowest BCUT2D eigenvalue weighted by Crippen LogP contribution is -2.10. The van der Waals surface area contributed by atoms with Crippen LogP contribution in [0.15, 0.2) is 9.79 Å². The molecule has 0 aliphatic carbocycles. The van der Waals surface area contributed by atoms with Gasteiger partial charge in [-0.2, -0.15) is 23.5 Å². The Balaban J connectivity index is 3.29. The summed E-state index contributed by atoms with van der Waals surface area (Å²) in [6, 6.07) is 0. The second-order valence-electron chi connectivity index (χ2n) is 7.60. The zero-order valence-electron chi connectivity index (χ0n) is 15.9. The summed E-state index contributed by atoms with van der Waals surface area (Å²) in [5, 5.41) is 0. The van der Waals surface area contributed by atoms with Crippen LogP contribution < -0.4 is 0 Å². The Morgan fingerprint density at radius 3 is 1.26 bits per heavy atom. The summed E-state index contributed by atoms with van der Waals surface area (Å²) in [4.78, 5) is 6.32. The van der Waals surface area contributed by atoms with Gasteiger partial charge in [-0.25, -0.2) is 0 Å². The minimum absolute atomic E-state index is 0.227. The standard InChI is InChI=1S/C18H32S5/c1-17(2,3)15-13(21-11-9-19-7)14(22-12-10-20-8)16(23-15)18(4,5)6/h9-12H2,1-8H3. The van der Waals surface area contributed by atoms with E-state index in [-0.39, 0.29) is 10.8 Å². The molecule has 134 valence electrons. The smallest absolute Gasteiger partial charge is 0.0356 e. The molecule has 1 rings (SSSR count). The largest absolute Gasteiger partial charge is 0.165 e. The molecule has 0 spiro atoms. The van der Waals surface area contributed by atoms with Crippen molar-refractivity contribution in [1.29, 1.82) is 0 Å². The van der Waals surface area contributed by atoms with E-state index in [0.29, 0.717) is 0 Å². The molecule has 1 aromatic heterocycles. The molecule has 0 aliphatic heterocycles. The van der Waals surface area contributed by atoms with Crippen LogP contribution in [0.4, 0.5) is 0 Å². The third-order valence-corrected chi connectivity index (χ3v) is 9.63. The fraction of sp³-hybridized carbons (Fsp3) is 0.778. The average molecular weight is 409 g/mol. The first-order chi connectivity index (χ1) is 10.6.